The van der Waals surface area contributed by atoms with E-state index in [9.17, 15) is 9.50 Å². The number of halogens is 1. The predicted octanol–water partition coefficient (Wildman–Crippen LogP) is 3.15. The Morgan fingerprint density at radius 2 is 2.12 bits per heavy atom. The summed E-state index contributed by atoms with van der Waals surface area (Å²) in [5.41, 5.74) is 0.981. The van der Waals surface area contributed by atoms with Crippen LogP contribution in [0.15, 0.2) is 47.1 Å². The third-order valence-electron chi connectivity index (χ3n) is 4.64. The van der Waals surface area contributed by atoms with Crippen LogP contribution in [-0.4, -0.2) is 39.9 Å². The van der Waals surface area contributed by atoms with E-state index >= 15 is 0 Å². The number of benzene rings is 1. The molecule has 0 radical (unpaired) electrons. The van der Waals surface area contributed by atoms with E-state index < -0.39 is 5.82 Å². The van der Waals surface area contributed by atoms with E-state index in [0.29, 0.717) is 22.9 Å². The molecule has 6 nitrogen and oxygen atoms in total. The number of hydrogen-bond donors (Lipinski definition) is 1. The standard InChI is InChI=1S/C19H19FN4O2/c20-16-6-2-1-5-15(16)18-22-19(26-23-18)14-7-8-17(21-10-14)24-9-3-4-13(11-24)12-25/h1-2,5-8,10,13,25H,3-4,9,11-12H2/t13-/m0/s1. The first-order chi connectivity index (χ1) is 12.7. The zero-order valence-corrected chi connectivity index (χ0v) is 14.2. The molecule has 0 aliphatic carbocycles. The summed E-state index contributed by atoms with van der Waals surface area (Å²) in [7, 11) is 0. The van der Waals surface area contributed by atoms with Gasteiger partial charge in [0.2, 0.25) is 5.82 Å². The number of piperidine rings is 1. The number of nitrogens with zero attached hydrogens (tertiary/aromatic N) is 4. The predicted molar refractivity (Wildman–Crippen MR) is 94.9 cm³/mol. The Hall–Kier alpha value is -2.80. The molecular weight excluding hydrogens is 335 g/mol. The van der Waals surface area contributed by atoms with Crippen molar-refractivity contribution < 1.29 is 14.0 Å². The highest BCUT2D eigenvalue weighted by molar-refractivity contribution is 5.60. The summed E-state index contributed by atoms with van der Waals surface area (Å²) in [4.78, 5) is 10.9. The molecule has 134 valence electrons. The third kappa shape index (κ3) is 3.30. The zero-order valence-electron chi connectivity index (χ0n) is 14.2. The molecule has 7 heteroatoms. The first-order valence-corrected chi connectivity index (χ1v) is 8.65. The minimum atomic E-state index is -0.392. The highest BCUT2D eigenvalue weighted by Gasteiger charge is 2.20. The lowest BCUT2D eigenvalue weighted by atomic mass is 9.99. The molecule has 0 spiro atoms. The van der Waals surface area contributed by atoms with Crippen molar-refractivity contribution in [3.63, 3.8) is 0 Å². The van der Waals surface area contributed by atoms with Crippen molar-refractivity contribution in [3.05, 3.63) is 48.4 Å². The molecule has 0 saturated carbocycles. The molecule has 26 heavy (non-hydrogen) atoms. The molecule has 3 heterocycles. The lowest BCUT2D eigenvalue weighted by molar-refractivity contribution is 0.208. The van der Waals surface area contributed by atoms with Crippen LogP contribution in [0, 0.1) is 11.7 Å². The fraction of sp³-hybridized carbons (Fsp3) is 0.316. The van der Waals surface area contributed by atoms with Gasteiger partial charge in [-0.05, 0) is 43.0 Å². The quantitative estimate of drug-likeness (QED) is 0.776. The Kier molecular flexibility index (Phi) is 4.62. The van der Waals surface area contributed by atoms with Crippen LogP contribution in [-0.2, 0) is 0 Å². The lowest BCUT2D eigenvalue weighted by Gasteiger charge is -2.32. The van der Waals surface area contributed by atoms with E-state index in [1.807, 2.05) is 12.1 Å². The van der Waals surface area contributed by atoms with E-state index in [-0.39, 0.29) is 12.4 Å². The zero-order chi connectivity index (χ0) is 17.9. The molecule has 1 aliphatic heterocycles. The summed E-state index contributed by atoms with van der Waals surface area (Å²) in [6, 6.07) is 10.1. The van der Waals surface area contributed by atoms with Crippen molar-refractivity contribution in [2.45, 2.75) is 12.8 Å². The monoisotopic (exact) mass is 354 g/mol. The van der Waals surface area contributed by atoms with Crippen LogP contribution in [0.4, 0.5) is 10.2 Å². The van der Waals surface area contributed by atoms with Gasteiger partial charge in [-0.25, -0.2) is 9.37 Å². The van der Waals surface area contributed by atoms with Crippen molar-refractivity contribution in [2.75, 3.05) is 24.6 Å². The molecule has 1 N–H and O–H groups in total. The van der Waals surface area contributed by atoms with E-state index in [2.05, 4.69) is 20.0 Å². The topological polar surface area (TPSA) is 75.3 Å². The fourth-order valence-corrected chi connectivity index (χ4v) is 3.21. The van der Waals surface area contributed by atoms with Crippen LogP contribution in [0.5, 0.6) is 0 Å². The number of anilines is 1. The minimum absolute atomic E-state index is 0.204. The Morgan fingerprint density at radius 1 is 1.23 bits per heavy atom. The van der Waals surface area contributed by atoms with Crippen molar-refractivity contribution in [3.8, 4) is 22.8 Å². The van der Waals surface area contributed by atoms with Gasteiger partial charge in [0.05, 0.1) is 11.1 Å². The second-order valence-electron chi connectivity index (χ2n) is 6.44. The van der Waals surface area contributed by atoms with Crippen LogP contribution in [0.25, 0.3) is 22.8 Å². The molecule has 4 rings (SSSR count). The summed E-state index contributed by atoms with van der Waals surface area (Å²) < 4.78 is 19.1. The molecule has 1 aliphatic rings. The lowest BCUT2D eigenvalue weighted by Crippen LogP contribution is -2.37. The van der Waals surface area contributed by atoms with Crippen LogP contribution in [0.2, 0.25) is 0 Å². The molecule has 2 aromatic heterocycles. The van der Waals surface area contributed by atoms with Gasteiger partial charge in [-0.2, -0.15) is 4.98 Å². The van der Waals surface area contributed by atoms with Gasteiger partial charge in [-0.3, -0.25) is 0 Å². The maximum Gasteiger partial charge on any atom is 0.259 e. The number of rotatable bonds is 4. The third-order valence-corrected chi connectivity index (χ3v) is 4.64. The molecule has 3 aromatic rings. The summed E-state index contributed by atoms with van der Waals surface area (Å²) in [6.45, 7) is 1.94. The van der Waals surface area contributed by atoms with Gasteiger partial charge in [0, 0.05) is 25.9 Å². The van der Waals surface area contributed by atoms with Gasteiger partial charge in [0.25, 0.3) is 5.89 Å². The largest absolute Gasteiger partial charge is 0.396 e. The van der Waals surface area contributed by atoms with E-state index in [4.69, 9.17) is 4.52 Å². The second-order valence-corrected chi connectivity index (χ2v) is 6.44. The average Bonchev–Trinajstić information content (AvgIpc) is 3.18. The Balaban J connectivity index is 1.53. The maximum atomic E-state index is 13.8. The van der Waals surface area contributed by atoms with Gasteiger partial charge >= 0.3 is 0 Å². The second kappa shape index (κ2) is 7.21. The molecule has 1 fully saturated rings. The smallest absolute Gasteiger partial charge is 0.259 e. The van der Waals surface area contributed by atoms with Crippen LogP contribution >= 0.6 is 0 Å². The van der Waals surface area contributed by atoms with Crippen molar-refractivity contribution in [1.29, 1.82) is 0 Å². The minimum Gasteiger partial charge on any atom is -0.396 e. The van der Waals surface area contributed by atoms with Gasteiger partial charge in [0.1, 0.15) is 11.6 Å². The van der Waals surface area contributed by atoms with Crippen molar-refractivity contribution in [1.82, 2.24) is 15.1 Å². The highest BCUT2D eigenvalue weighted by Crippen LogP contribution is 2.26. The summed E-state index contributed by atoms with van der Waals surface area (Å²) >= 11 is 0. The SMILES string of the molecule is OC[C@H]1CCCN(c2ccc(-c3nc(-c4ccccc4F)no3)cn2)C1. The van der Waals surface area contributed by atoms with Crippen LogP contribution < -0.4 is 4.90 Å². The van der Waals surface area contributed by atoms with Crippen LogP contribution in [0.3, 0.4) is 0 Å². The maximum absolute atomic E-state index is 13.8. The Labute approximate surface area is 150 Å². The first kappa shape index (κ1) is 16.7. The first-order valence-electron chi connectivity index (χ1n) is 8.65. The Morgan fingerprint density at radius 3 is 2.88 bits per heavy atom. The van der Waals surface area contributed by atoms with Gasteiger partial charge in [-0.1, -0.05) is 17.3 Å². The Bertz CT molecular complexity index is 881. The van der Waals surface area contributed by atoms with E-state index in [1.165, 1.54) is 6.07 Å². The van der Waals surface area contributed by atoms with Crippen LogP contribution in [0.1, 0.15) is 12.8 Å². The fourth-order valence-electron chi connectivity index (χ4n) is 3.21. The molecule has 1 saturated heterocycles. The van der Waals surface area contributed by atoms with E-state index in [0.717, 1.165) is 31.7 Å². The average molecular weight is 354 g/mol. The highest BCUT2D eigenvalue weighted by atomic mass is 19.1. The van der Waals surface area contributed by atoms with E-state index in [1.54, 1.807) is 24.4 Å². The number of aromatic nitrogens is 3. The number of hydrogen-bond acceptors (Lipinski definition) is 6. The molecule has 1 atom stereocenters. The summed E-state index contributed by atoms with van der Waals surface area (Å²) in [5, 5.41) is 13.2. The number of aliphatic hydroxyl groups is 1. The van der Waals surface area contributed by atoms with Crippen molar-refractivity contribution in [2.24, 2.45) is 5.92 Å². The normalized spacial score (nSPS) is 17.5. The molecule has 0 bridgehead atoms. The van der Waals surface area contributed by atoms with Gasteiger partial charge in [-0.15, -0.1) is 0 Å². The van der Waals surface area contributed by atoms with Gasteiger partial charge in [0.15, 0.2) is 0 Å². The summed E-state index contributed by atoms with van der Waals surface area (Å²) in [6.07, 6.45) is 3.77. The molecule has 0 unspecified atom stereocenters. The summed E-state index contributed by atoms with van der Waals surface area (Å²) in [5.74, 6) is 1.28. The number of aliphatic hydroxyl groups excluding tert-OH is 1. The number of pyridine rings is 1. The molecule has 1 aromatic carbocycles. The van der Waals surface area contributed by atoms with Gasteiger partial charge < -0.3 is 14.5 Å². The molecular formula is C19H19FN4O2. The van der Waals surface area contributed by atoms with Crippen molar-refractivity contribution >= 4 is 5.82 Å². The molecule has 0 amide bonds.